The van der Waals surface area contributed by atoms with E-state index in [1.165, 1.54) is 0 Å². The Morgan fingerprint density at radius 3 is 2.40 bits per heavy atom. The lowest BCUT2D eigenvalue weighted by molar-refractivity contribution is 0.476. The van der Waals surface area contributed by atoms with E-state index in [-0.39, 0.29) is 10.3 Å². The Balaban J connectivity index is 0.000000531. The van der Waals surface area contributed by atoms with Gasteiger partial charge in [-0.15, -0.1) is 0 Å². The number of rotatable bonds is 1. The Morgan fingerprint density at radius 2 is 1.80 bits per heavy atom. The first-order chi connectivity index (χ1) is 7.22. The maximum Gasteiger partial charge on any atom is 0.182 e. The fourth-order valence-electron chi connectivity index (χ4n) is 1.81. The summed E-state index contributed by atoms with van der Waals surface area (Å²) >= 11 is 0.636. The van der Waals surface area contributed by atoms with Gasteiger partial charge < -0.3 is 5.32 Å². The van der Waals surface area contributed by atoms with Crippen molar-refractivity contribution in [1.82, 2.24) is 5.32 Å². The number of hydrogen-bond acceptors (Lipinski definition) is 2. The summed E-state index contributed by atoms with van der Waals surface area (Å²) in [7, 11) is 1.86. The number of thiophene rings is 1. The van der Waals surface area contributed by atoms with Gasteiger partial charge in [-0.05, 0) is 26.3 Å². The number of nitrogens with one attached hydrogen (secondary N) is 1. The number of halogens is 2. The third kappa shape index (κ3) is 2.55. The van der Waals surface area contributed by atoms with Crippen molar-refractivity contribution < 1.29 is 8.78 Å². The van der Waals surface area contributed by atoms with Gasteiger partial charge in [-0.3, -0.25) is 0 Å². The lowest BCUT2D eigenvalue weighted by Crippen LogP contribution is -2.31. The van der Waals surface area contributed by atoms with Gasteiger partial charge >= 0.3 is 0 Å². The molecule has 1 atom stereocenters. The van der Waals surface area contributed by atoms with Crippen molar-refractivity contribution in [3.05, 3.63) is 21.4 Å². The lowest BCUT2D eigenvalue weighted by Gasteiger charge is -2.21. The molecule has 15 heavy (non-hydrogen) atoms. The Hall–Kier alpha value is -0.480. The zero-order chi connectivity index (χ0) is 11.4. The molecule has 2 rings (SSSR count). The van der Waals surface area contributed by atoms with Crippen LogP contribution < -0.4 is 5.32 Å². The van der Waals surface area contributed by atoms with E-state index >= 15 is 0 Å². The number of hydrogen-bond donors (Lipinski definition) is 1. The Kier molecular flexibility index (Phi) is 4.67. The first kappa shape index (κ1) is 12.6. The summed E-state index contributed by atoms with van der Waals surface area (Å²) in [5.41, 5.74) is 1.20. The van der Waals surface area contributed by atoms with Gasteiger partial charge in [0.1, 0.15) is 0 Å². The second-order valence-corrected chi connectivity index (χ2v) is 4.26. The summed E-state index contributed by atoms with van der Waals surface area (Å²) in [6.45, 7) is 4.00. The average Bonchev–Trinajstić information content (AvgIpc) is 2.57. The second kappa shape index (κ2) is 5.56. The van der Waals surface area contributed by atoms with Gasteiger partial charge in [0.15, 0.2) is 10.3 Å². The summed E-state index contributed by atoms with van der Waals surface area (Å²) in [5.74, 6) is 0. The molecule has 4 heteroatoms. The van der Waals surface area contributed by atoms with Crippen LogP contribution in [-0.4, -0.2) is 13.1 Å². The van der Waals surface area contributed by atoms with Crippen molar-refractivity contribution in [3.63, 3.8) is 0 Å². The molecule has 0 bridgehead atoms. The van der Waals surface area contributed by atoms with Crippen molar-refractivity contribution >= 4 is 11.3 Å². The second-order valence-electron chi connectivity index (χ2n) is 3.33. The molecule has 86 valence electrons. The van der Waals surface area contributed by atoms with Crippen molar-refractivity contribution in [3.8, 4) is 0 Å². The molecule has 1 aliphatic carbocycles. The van der Waals surface area contributed by atoms with Crippen LogP contribution in [0.25, 0.3) is 0 Å². The van der Waals surface area contributed by atoms with E-state index in [0.717, 1.165) is 6.42 Å². The van der Waals surface area contributed by atoms with E-state index in [0.29, 0.717) is 41.3 Å². The Bertz CT molecular complexity index is 323. The summed E-state index contributed by atoms with van der Waals surface area (Å²) in [4.78, 5) is 0. The van der Waals surface area contributed by atoms with Crippen LogP contribution in [-0.2, 0) is 12.8 Å². The van der Waals surface area contributed by atoms with E-state index < -0.39 is 0 Å². The van der Waals surface area contributed by atoms with Crippen molar-refractivity contribution in [2.75, 3.05) is 7.05 Å². The van der Waals surface area contributed by atoms with Gasteiger partial charge in [0, 0.05) is 17.2 Å². The highest BCUT2D eigenvalue weighted by molar-refractivity contribution is 7.08. The van der Waals surface area contributed by atoms with Gasteiger partial charge in [0.2, 0.25) is 0 Å². The van der Waals surface area contributed by atoms with E-state index in [1.807, 2.05) is 20.9 Å². The molecular weight excluding hydrogens is 216 g/mol. The van der Waals surface area contributed by atoms with Crippen LogP contribution in [0.15, 0.2) is 0 Å². The maximum atomic E-state index is 13.2. The molecule has 1 unspecified atom stereocenters. The van der Waals surface area contributed by atoms with Crippen molar-refractivity contribution in [1.29, 1.82) is 0 Å². The molecule has 0 radical (unpaired) electrons. The first-order valence-electron chi connectivity index (χ1n) is 5.35. The molecule has 0 fully saturated rings. The fourth-order valence-corrected chi connectivity index (χ4v) is 2.64. The normalized spacial score (nSPS) is 19.1. The smallest absolute Gasteiger partial charge is 0.182 e. The van der Waals surface area contributed by atoms with Crippen LogP contribution in [0.5, 0.6) is 0 Å². The molecule has 0 saturated heterocycles. The van der Waals surface area contributed by atoms with Gasteiger partial charge in [-0.2, -0.15) is 8.78 Å². The van der Waals surface area contributed by atoms with Crippen LogP contribution in [0.4, 0.5) is 8.78 Å². The highest BCUT2D eigenvalue weighted by Gasteiger charge is 2.25. The average molecular weight is 233 g/mol. The molecule has 1 aliphatic rings. The largest absolute Gasteiger partial charge is 0.317 e. The molecule has 1 heterocycles. The molecule has 0 amide bonds. The monoisotopic (exact) mass is 233 g/mol. The first-order valence-corrected chi connectivity index (χ1v) is 6.16. The van der Waals surface area contributed by atoms with E-state index in [4.69, 9.17) is 0 Å². The maximum absolute atomic E-state index is 13.2. The fraction of sp³-hybridized carbons (Fsp3) is 0.636. The van der Waals surface area contributed by atoms with Crippen LogP contribution in [0.1, 0.15) is 31.4 Å². The molecule has 0 aliphatic heterocycles. The predicted octanol–water partition coefficient (Wildman–Crippen LogP) is 3.13. The molecule has 1 aromatic rings. The van der Waals surface area contributed by atoms with Gasteiger partial charge in [-0.25, -0.2) is 0 Å². The Labute approximate surface area is 93.5 Å². The van der Waals surface area contributed by atoms with Crippen molar-refractivity contribution in [2.45, 2.75) is 39.2 Å². The van der Waals surface area contributed by atoms with E-state index in [9.17, 15) is 8.78 Å². The van der Waals surface area contributed by atoms with Gasteiger partial charge in [0.25, 0.3) is 0 Å². The third-order valence-corrected chi connectivity index (χ3v) is 3.47. The predicted molar refractivity (Wildman–Crippen MR) is 60.5 cm³/mol. The van der Waals surface area contributed by atoms with E-state index in [1.54, 1.807) is 0 Å². The summed E-state index contributed by atoms with van der Waals surface area (Å²) in [6.07, 6.45) is 2.18. The highest BCUT2D eigenvalue weighted by atomic mass is 32.1. The zero-order valence-electron chi connectivity index (χ0n) is 9.36. The van der Waals surface area contributed by atoms with Crippen molar-refractivity contribution in [2.24, 2.45) is 0 Å². The van der Waals surface area contributed by atoms with Crippen LogP contribution in [0.3, 0.4) is 0 Å². The van der Waals surface area contributed by atoms with Crippen LogP contribution >= 0.6 is 11.3 Å². The van der Waals surface area contributed by atoms with Gasteiger partial charge in [-0.1, -0.05) is 25.2 Å². The topological polar surface area (TPSA) is 12.0 Å². The molecule has 0 spiro atoms. The molecule has 1 N–H and O–H groups in total. The lowest BCUT2D eigenvalue weighted by atomic mass is 9.91. The Morgan fingerprint density at radius 1 is 1.20 bits per heavy atom. The molecule has 1 aromatic heterocycles. The summed E-state index contributed by atoms with van der Waals surface area (Å²) in [6, 6.07) is 0.302. The minimum Gasteiger partial charge on any atom is -0.317 e. The van der Waals surface area contributed by atoms with E-state index in [2.05, 4.69) is 5.32 Å². The summed E-state index contributed by atoms with van der Waals surface area (Å²) < 4.78 is 26.2. The molecule has 0 saturated carbocycles. The minimum atomic E-state index is -0.340. The quantitative estimate of drug-likeness (QED) is 0.786. The number of fused-ring (bicyclic) bond motifs is 1. The number of likely N-dealkylation sites (N-methyl/N-ethyl adjacent to an activating group) is 1. The standard InChI is InChI=1S/C9H11F2NS.C2H6/c1-12-5-2-3-6-7(4-5)9(11)13-8(6)10;1-2/h5,12H,2-4H2,1H3;1-2H3. The molecule has 0 aromatic carbocycles. The molecular formula is C11H17F2NS. The SMILES string of the molecule is CC.CNC1CCc2c(F)sc(F)c2C1. The molecule has 1 nitrogen and oxygen atoms in total. The van der Waals surface area contributed by atoms with Crippen LogP contribution in [0.2, 0.25) is 0 Å². The zero-order valence-corrected chi connectivity index (χ0v) is 10.2. The minimum absolute atomic E-state index is 0.302. The van der Waals surface area contributed by atoms with Crippen LogP contribution in [0, 0.1) is 10.3 Å². The third-order valence-electron chi connectivity index (χ3n) is 2.62. The summed E-state index contributed by atoms with van der Waals surface area (Å²) in [5, 5.41) is 2.43. The van der Waals surface area contributed by atoms with Gasteiger partial charge in [0.05, 0.1) is 0 Å². The highest BCUT2D eigenvalue weighted by Crippen LogP contribution is 2.31.